The predicted octanol–water partition coefficient (Wildman–Crippen LogP) is 0.123. The summed E-state index contributed by atoms with van der Waals surface area (Å²) in [5, 5.41) is 0. The van der Waals surface area contributed by atoms with E-state index >= 15 is 0 Å². The second-order valence-corrected chi connectivity index (χ2v) is 6.49. The maximum absolute atomic E-state index is 12.4. The van der Waals surface area contributed by atoms with E-state index in [0.29, 0.717) is 0 Å². The average Bonchev–Trinajstić information content (AvgIpc) is 2.45. The maximum Gasteiger partial charge on any atom is 0.336 e. The summed E-state index contributed by atoms with van der Waals surface area (Å²) in [5.74, 6) is -1.75. The van der Waals surface area contributed by atoms with Crippen molar-refractivity contribution in [3.63, 3.8) is 0 Å². The molecule has 0 amide bonds. The molecule has 0 fully saturated rings. The molecule has 0 spiro atoms. The van der Waals surface area contributed by atoms with Gasteiger partial charge in [0.25, 0.3) is 0 Å². The minimum absolute atomic E-state index is 0.000122. The van der Waals surface area contributed by atoms with Crippen molar-refractivity contribution in [2.24, 2.45) is 5.73 Å². The van der Waals surface area contributed by atoms with Crippen molar-refractivity contribution in [2.45, 2.75) is 31.2 Å². The zero-order valence-corrected chi connectivity index (χ0v) is 13.6. The van der Waals surface area contributed by atoms with Crippen molar-refractivity contribution in [2.75, 3.05) is 13.2 Å². The van der Waals surface area contributed by atoms with Crippen LogP contribution in [0.4, 0.5) is 0 Å². The van der Waals surface area contributed by atoms with Crippen LogP contribution < -0.4 is 10.5 Å². The number of aryl methyl sites for hydroxylation is 1. The molecule has 0 aliphatic heterocycles. The lowest BCUT2D eigenvalue weighted by Gasteiger charge is -2.28. The number of Topliss-reactive ketones (excluding diaryl/α,β-unsaturated/α-hetero) is 1. The van der Waals surface area contributed by atoms with E-state index < -0.39 is 33.9 Å². The normalized spacial score (nSPS) is 14.2. The van der Waals surface area contributed by atoms with Gasteiger partial charge >= 0.3 is 5.97 Å². The van der Waals surface area contributed by atoms with Gasteiger partial charge in [0.2, 0.25) is 15.6 Å². The molecule has 0 unspecified atom stereocenters. The van der Waals surface area contributed by atoms with Crippen LogP contribution in [0.25, 0.3) is 0 Å². The molecule has 1 rings (SSSR count). The van der Waals surface area contributed by atoms with Crippen LogP contribution in [0.3, 0.4) is 0 Å². The van der Waals surface area contributed by atoms with Crippen LogP contribution >= 0.6 is 0 Å². The number of hydrogen-bond donors (Lipinski definition) is 2. The summed E-state index contributed by atoms with van der Waals surface area (Å²) in [5.41, 5.74) is 4.25. The number of hydrogen-bond acceptors (Lipinski definition) is 6. The van der Waals surface area contributed by atoms with Crippen LogP contribution in [0.1, 0.15) is 19.4 Å². The van der Waals surface area contributed by atoms with E-state index in [2.05, 4.69) is 4.72 Å². The molecule has 122 valence electrons. The minimum Gasteiger partial charge on any atom is -0.464 e. The molecule has 8 heteroatoms. The lowest BCUT2D eigenvalue weighted by Crippen LogP contribution is -2.64. The summed E-state index contributed by atoms with van der Waals surface area (Å²) in [6.07, 6.45) is 0. The molecule has 22 heavy (non-hydrogen) atoms. The van der Waals surface area contributed by atoms with Crippen molar-refractivity contribution in [3.8, 4) is 0 Å². The number of rotatable bonds is 7. The number of ether oxygens (including phenoxy) is 1. The SMILES string of the molecule is CCOC(=O)[C@@](CN)(NS(=O)(=O)c1ccc(C)cc1)C(C)=O. The number of esters is 1. The van der Waals surface area contributed by atoms with E-state index in [1.54, 1.807) is 19.1 Å². The van der Waals surface area contributed by atoms with Crippen LogP contribution in [-0.2, 0) is 24.3 Å². The van der Waals surface area contributed by atoms with Gasteiger partial charge in [-0.2, -0.15) is 4.72 Å². The number of carbonyl (C=O) groups is 2. The maximum atomic E-state index is 12.4. The number of carbonyl (C=O) groups excluding carboxylic acids is 2. The van der Waals surface area contributed by atoms with Crippen molar-refractivity contribution < 1.29 is 22.7 Å². The molecule has 0 saturated heterocycles. The molecule has 0 saturated carbocycles. The van der Waals surface area contributed by atoms with Crippen LogP contribution in [0.2, 0.25) is 0 Å². The first kappa shape index (κ1) is 18.3. The third-order valence-electron chi connectivity index (χ3n) is 3.17. The van der Waals surface area contributed by atoms with Gasteiger partial charge in [-0.25, -0.2) is 13.2 Å². The average molecular weight is 328 g/mol. The van der Waals surface area contributed by atoms with Gasteiger partial charge in [-0.05, 0) is 32.9 Å². The lowest BCUT2D eigenvalue weighted by atomic mass is 9.97. The summed E-state index contributed by atoms with van der Waals surface area (Å²) in [7, 11) is -4.11. The summed E-state index contributed by atoms with van der Waals surface area (Å²) >= 11 is 0. The number of ketones is 1. The lowest BCUT2D eigenvalue weighted by molar-refractivity contribution is -0.153. The van der Waals surface area contributed by atoms with Crippen LogP contribution in [-0.4, -0.2) is 38.9 Å². The third kappa shape index (κ3) is 3.70. The highest BCUT2D eigenvalue weighted by Gasteiger charge is 2.47. The Morgan fingerprint density at radius 2 is 1.82 bits per heavy atom. The van der Waals surface area contributed by atoms with Gasteiger partial charge in [-0.1, -0.05) is 17.7 Å². The van der Waals surface area contributed by atoms with E-state index in [0.717, 1.165) is 12.5 Å². The first-order valence-corrected chi connectivity index (χ1v) is 8.17. The molecule has 0 bridgehead atoms. The fourth-order valence-electron chi connectivity index (χ4n) is 1.79. The summed E-state index contributed by atoms with van der Waals surface area (Å²) < 4.78 is 31.7. The molecular weight excluding hydrogens is 308 g/mol. The number of nitrogens with two attached hydrogens (primary N) is 1. The van der Waals surface area contributed by atoms with Gasteiger partial charge in [0.05, 0.1) is 11.5 Å². The molecule has 0 aliphatic carbocycles. The quantitative estimate of drug-likeness (QED) is 0.543. The van der Waals surface area contributed by atoms with Gasteiger partial charge in [-0.3, -0.25) is 4.79 Å². The molecule has 0 heterocycles. The van der Waals surface area contributed by atoms with E-state index in [-0.39, 0.29) is 11.5 Å². The highest BCUT2D eigenvalue weighted by atomic mass is 32.2. The summed E-state index contributed by atoms with van der Waals surface area (Å²) in [4.78, 5) is 23.9. The molecule has 0 radical (unpaired) electrons. The topological polar surface area (TPSA) is 116 Å². The predicted molar refractivity (Wildman–Crippen MR) is 80.6 cm³/mol. The molecular formula is C14H20N2O5S. The molecule has 7 nitrogen and oxygen atoms in total. The van der Waals surface area contributed by atoms with Crippen molar-refractivity contribution in [1.82, 2.24) is 4.72 Å². The standard InChI is InChI=1S/C14H20N2O5S/c1-4-21-13(18)14(9-15,11(3)17)16-22(19,20)12-7-5-10(2)6-8-12/h5-8,16H,4,9,15H2,1-3H3/t14-/m0/s1. The van der Waals surface area contributed by atoms with E-state index in [9.17, 15) is 18.0 Å². The second-order valence-electron chi connectivity index (χ2n) is 4.80. The third-order valence-corrected chi connectivity index (χ3v) is 4.68. The van der Waals surface area contributed by atoms with Crippen molar-refractivity contribution in [1.29, 1.82) is 0 Å². The first-order valence-electron chi connectivity index (χ1n) is 6.68. The molecule has 0 aliphatic rings. The fraction of sp³-hybridized carbons (Fsp3) is 0.429. The Hall–Kier alpha value is -1.77. The molecule has 1 aromatic carbocycles. The Morgan fingerprint density at radius 3 is 2.23 bits per heavy atom. The van der Waals surface area contributed by atoms with Crippen LogP contribution in [0.15, 0.2) is 29.2 Å². The van der Waals surface area contributed by atoms with Crippen LogP contribution in [0, 0.1) is 6.92 Å². The minimum atomic E-state index is -4.11. The van der Waals surface area contributed by atoms with Gasteiger partial charge < -0.3 is 10.5 Å². The van der Waals surface area contributed by atoms with E-state index in [1.165, 1.54) is 12.1 Å². The van der Waals surface area contributed by atoms with Crippen molar-refractivity contribution in [3.05, 3.63) is 29.8 Å². The Bertz CT molecular complexity index is 654. The summed E-state index contributed by atoms with van der Waals surface area (Å²) in [6.45, 7) is 3.91. The zero-order valence-electron chi connectivity index (χ0n) is 12.8. The Kier molecular flexibility index (Phi) is 5.81. The number of nitrogens with one attached hydrogen (secondary N) is 1. The Labute approximate surface area is 129 Å². The highest BCUT2D eigenvalue weighted by molar-refractivity contribution is 7.89. The van der Waals surface area contributed by atoms with Gasteiger partial charge in [0, 0.05) is 6.54 Å². The van der Waals surface area contributed by atoms with Crippen molar-refractivity contribution >= 4 is 21.8 Å². The van der Waals surface area contributed by atoms with E-state index in [4.69, 9.17) is 10.5 Å². The molecule has 0 aromatic heterocycles. The molecule has 1 atom stereocenters. The highest BCUT2D eigenvalue weighted by Crippen LogP contribution is 2.16. The number of sulfonamides is 1. The molecule has 1 aromatic rings. The monoisotopic (exact) mass is 328 g/mol. The smallest absolute Gasteiger partial charge is 0.336 e. The Balaban J connectivity index is 3.26. The van der Waals surface area contributed by atoms with Gasteiger partial charge in [-0.15, -0.1) is 0 Å². The second kappa shape index (κ2) is 6.99. The van der Waals surface area contributed by atoms with Crippen LogP contribution in [0.5, 0.6) is 0 Å². The fourth-order valence-corrected chi connectivity index (χ4v) is 3.17. The number of benzene rings is 1. The Morgan fingerprint density at radius 1 is 1.27 bits per heavy atom. The zero-order chi connectivity index (χ0) is 17.0. The van der Waals surface area contributed by atoms with Gasteiger partial charge in [0.1, 0.15) is 0 Å². The largest absolute Gasteiger partial charge is 0.464 e. The summed E-state index contributed by atoms with van der Waals surface area (Å²) in [6, 6.07) is 5.97. The van der Waals surface area contributed by atoms with E-state index in [1.807, 2.05) is 6.92 Å². The van der Waals surface area contributed by atoms with Gasteiger partial charge in [0.15, 0.2) is 5.78 Å². The first-order chi connectivity index (χ1) is 10.2. The molecule has 3 N–H and O–H groups in total.